The third kappa shape index (κ3) is 2.07. The maximum atomic E-state index is 16.9. The molecule has 4 aliphatic carbocycles. The second-order valence-electron chi connectivity index (χ2n) is 9.89. The van der Waals surface area contributed by atoms with Crippen LogP contribution in [-0.4, -0.2) is 56.3 Å². The fraction of sp³-hybridized carbons (Fsp3) is 0.773. The molecule has 4 N–H and O–H groups in total. The van der Waals surface area contributed by atoms with E-state index in [4.69, 9.17) is 0 Å². The molecule has 156 valence electrons. The number of Topliss-reactive ketones (excluding diaryl/α,β-unsaturated/α-hetero) is 1. The summed E-state index contributed by atoms with van der Waals surface area (Å²) >= 11 is 0. The van der Waals surface area contributed by atoms with Gasteiger partial charge in [0.05, 0.1) is 12.2 Å². The number of halogens is 1. The Morgan fingerprint density at radius 2 is 1.96 bits per heavy atom. The predicted octanol–water partition coefficient (Wildman–Crippen LogP) is 1.69. The Balaban J connectivity index is 1.83. The molecule has 0 aromatic rings. The van der Waals surface area contributed by atoms with Gasteiger partial charge in [0.15, 0.2) is 11.5 Å². The van der Waals surface area contributed by atoms with E-state index in [1.54, 1.807) is 39.0 Å². The molecule has 0 amide bonds. The molecule has 0 aromatic heterocycles. The minimum atomic E-state index is -1.94. The summed E-state index contributed by atoms with van der Waals surface area (Å²) in [5, 5.41) is 42.0. The topological polar surface area (TPSA) is 98.0 Å². The van der Waals surface area contributed by atoms with Crippen LogP contribution in [0.3, 0.4) is 0 Å². The van der Waals surface area contributed by atoms with E-state index in [1.807, 2.05) is 0 Å². The SMILES string of the molecule is C[C@@H]1C[C@H]2[C@@H]3CCC4=CC(O)C=C[C@]4(C)[C@@]3(F)[C@@H](O)C[C@]2(C)[C@@]1(O)C(=O)CO. The van der Waals surface area contributed by atoms with E-state index < -0.39 is 58.5 Å². The van der Waals surface area contributed by atoms with Crippen LogP contribution in [0.1, 0.15) is 46.5 Å². The normalized spacial score (nSPS) is 55.1. The monoisotopic (exact) mass is 394 g/mol. The number of aliphatic hydroxyl groups excluding tert-OH is 3. The van der Waals surface area contributed by atoms with Crippen molar-refractivity contribution < 1.29 is 29.6 Å². The number of hydrogen-bond donors (Lipinski definition) is 4. The fourth-order valence-corrected chi connectivity index (χ4v) is 7.38. The number of allylic oxidation sites excluding steroid dienone is 2. The molecule has 0 aliphatic heterocycles. The lowest BCUT2D eigenvalue weighted by molar-refractivity contribution is -0.219. The van der Waals surface area contributed by atoms with Gasteiger partial charge in [-0.3, -0.25) is 4.79 Å². The Morgan fingerprint density at radius 3 is 2.61 bits per heavy atom. The summed E-state index contributed by atoms with van der Waals surface area (Å²) < 4.78 is 16.9. The van der Waals surface area contributed by atoms with Gasteiger partial charge in [0, 0.05) is 16.7 Å². The van der Waals surface area contributed by atoms with Crippen LogP contribution in [0.5, 0.6) is 0 Å². The average molecular weight is 394 g/mol. The molecule has 4 aliphatic rings. The highest BCUT2D eigenvalue weighted by Crippen LogP contribution is 2.70. The lowest BCUT2D eigenvalue weighted by Gasteiger charge is -2.62. The summed E-state index contributed by atoms with van der Waals surface area (Å²) in [4.78, 5) is 12.6. The second kappa shape index (κ2) is 5.97. The summed E-state index contributed by atoms with van der Waals surface area (Å²) in [6.07, 6.45) is 4.36. The molecule has 0 spiro atoms. The van der Waals surface area contributed by atoms with E-state index in [2.05, 4.69) is 0 Å². The van der Waals surface area contributed by atoms with Crippen molar-refractivity contribution in [1.82, 2.24) is 0 Å². The van der Waals surface area contributed by atoms with Crippen LogP contribution in [0.2, 0.25) is 0 Å². The Morgan fingerprint density at radius 1 is 1.29 bits per heavy atom. The van der Waals surface area contributed by atoms with Crippen molar-refractivity contribution in [3.8, 4) is 0 Å². The molecule has 28 heavy (non-hydrogen) atoms. The van der Waals surface area contributed by atoms with Crippen LogP contribution >= 0.6 is 0 Å². The second-order valence-corrected chi connectivity index (χ2v) is 9.89. The van der Waals surface area contributed by atoms with E-state index in [0.29, 0.717) is 19.3 Å². The number of fused-ring (bicyclic) bond motifs is 5. The molecule has 0 aromatic carbocycles. The third-order valence-corrected chi connectivity index (χ3v) is 8.89. The highest BCUT2D eigenvalue weighted by Gasteiger charge is 2.75. The first-order valence-corrected chi connectivity index (χ1v) is 10.3. The number of carbonyl (C=O) groups is 1. The minimum absolute atomic E-state index is 0.0451. The molecule has 1 unspecified atom stereocenters. The summed E-state index contributed by atoms with van der Waals surface area (Å²) in [6.45, 7) is 4.56. The molecule has 9 atom stereocenters. The lowest BCUT2D eigenvalue weighted by atomic mass is 9.44. The van der Waals surface area contributed by atoms with E-state index in [9.17, 15) is 25.2 Å². The van der Waals surface area contributed by atoms with Gasteiger partial charge >= 0.3 is 0 Å². The molecular weight excluding hydrogens is 363 g/mol. The van der Waals surface area contributed by atoms with Crippen molar-refractivity contribution in [1.29, 1.82) is 0 Å². The van der Waals surface area contributed by atoms with Crippen LogP contribution in [0.15, 0.2) is 23.8 Å². The Kier molecular flexibility index (Phi) is 4.31. The van der Waals surface area contributed by atoms with Gasteiger partial charge in [0.2, 0.25) is 0 Å². The maximum Gasteiger partial charge on any atom is 0.190 e. The largest absolute Gasteiger partial charge is 0.390 e. The van der Waals surface area contributed by atoms with E-state index in [0.717, 1.165) is 5.57 Å². The van der Waals surface area contributed by atoms with Crippen molar-refractivity contribution >= 4 is 5.78 Å². The standard InChI is InChI=1S/C22H31FO5/c1-12-8-16-15-5-4-13-9-14(25)6-7-19(13,2)21(15,23)17(26)10-20(16,3)22(12,28)18(27)11-24/h6-7,9,12,14-17,24-26,28H,4-5,8,10-11H2,1-3H3/t12-,14?,15+,16+,17+,19+,20+,21+,22+/m1/s1. The van der Waals surface area contributed by atoms with Gasteiger partial charge < -0.3 is 20.4 Å². The van der Waals surface area contributed by atoms with Crippen LogP contribution in [0.4, 0.5) is 4.39 Å². The number of hydrogen-bond acceptors (Lipinski definition) is 5. The Hall–Kier alpha value is -1.08. The van der Waals surface area contributed by atoms with Crippen molar-refractivity contribution in [3.63, 3.8) is 0 Å². The molecule has 6 heteroatoms. The van der Waals surface area contributed by atoms with Crippen molar-refractivity contribution in [3.05, 3.63) is 23.8 Å². The van der Waals surface area contributed by atoms with Gasteiger partial charge in [-0.2, -0.15) is 0 Å². The average Bonchev–Trinajstić information content (AvgIpc) is 2.84. The van der Waals surface area contributed by atoms with Crippen LogP contribution < -0.4 is 0 Å². The molecule has 0 heterocycles. The maximum absolute atomic E-state index is 16.9. The molecule has 0 saturated heterocycles. The fourth-order valence-electron chi connectivity index (χ4n) is 7.38. The van der Waals surface area contributed by atoms with Crippen molar-refractivity contribution in [2.75, 3.05) is 6.61 Å². The highest BCUT2D eigenvalue weighted by molar-refractivity contribution is 5.90. The van der Waals surface area contributed by atoms with Crippen LogP contribution in [0.25, 0.3) is 0 Å². The molecule has 0 bridgehead atoms. The van der Waals surface area contributed by atoms with Gasteiger partial charge in [-0.1, -0.05) is 37.6 Å². The quantitative estimate of drug-likeness (QED) is 0.535. The van der Waals surface area contributed by atoms with E-state index >= 15 is 4.39 Å². The first-order valence-electron chi connectivity index (χ1n) is 10.3. The zero-order valence-electron chi connectivity index (χ0n) is 16.7. The summed E-state index contributed by atoms with van der Waals surface area (Å²) in [6, 6.07) is 0. The highest BCUT2D eigenvalue weighted by atomic mass is 19.1. The smallest absolute Gasteiger partial charge is 0.190 e. The number of ketones is 1. The summed E-state index contributed by atoms with van der Waals surface area (Å²) in [5.74, 6) is -1.88. The Labute approximate surface area is 165 Å². The number of carbonyl (C=O) groups excluding carboxylic acids is 1. The minimum Gasteiger partial charge on any atom is -0.390 e. The van der Waals surface area contributed by atoms with Crippen molar-refractivity contribution in [2.45, 2.75) is 69.9 Å². The van der Waals surface area contributed by atoms with E-state index in [1.165, 1.54) is 0 Å². The van der Waals surface area contributed by atoms with E-state index in [-0.39, 0.29) is 12.3 Å². The molecule has 5 nitrogen and oxygen atoms in total. The molecule has 0 radical (unpaired) electrons. The van der Waals surface area contributed by atoms with Gasteiger partial charge in [-0.15, -0.1) is 0 Å². The van der Waals surface area contributed by atoms with Gasteiger partial charge in [0.25, 0.3) is 0 Å². The molecule has 3 saturated carbocycles. The first kappa shape index (κ1) is 20.2. The zero-order chi connectivity index (χ0) is 20.7. The van der Waals surface area contributed by atoms with Crippen LogP contribution in [-0.2, 0) is 4.79 Å². The van der Waals surface area contributed by atoms with Gasteiger partial charge in [0.1, 0.15) is 12.2 Å². The number of aliphatic hydroxyl groups is 4. The first-order chi connectivity index (χ1) is 13.0. The third-order valence-electron chi connectivity index (χ3n) is 8.89. The van der Waals surface area contributed by atoms with Crippen LogP contribution in [0, 0.1) is 28.6 Å². The van der Waals surface area contributed by atoms with Gasteiger partial charge in [-0.25, -0.2) is 4.39 Å². The molecule has 4 rings (SSSR count). The lowest BCUT2D eigenvalue weighted by Crippen LogP contribution is -2.69. The van der Waals surface area contributed by atoms with Gasteiger partial charge in [-0.05, 0) is 44.4 Å². The number of alkyl halides is 1. The predicted molar refractivity (Wildman–Crippen MR) is 101 cm³/mol. The molecule has 3 fully saturated rings. The summed E-state index contributed by atoms with van der Waals surface area (Å²) in [5.41, 5.74) is -4.94. The molecular formula is C22H31FO5. The van der Waals surface area contributed by atoms with Crippen molar-refractivity contribution in [2.24, 2.45) is 28.6 Å². The summed E-state index contributed by atoms with van der Waals surface area (Å²) in [7, 11) is 0. The number of rotatable bonds is 2. The Bertz CT molecular complexity index is 764. The zero-order valence-corrected chi connectivity index (χ0v) is 16.7.